The second kappa shape index (κ2) is 6.73. The highest BCUT2D eigenvalue weighted by molar-refractivity contribution is 5.27. The van der Waals surface area contributed by atoms with E-state index in [0.717, 1.165) is 25.0 Å². The molecule has 3 rings (SSSR count). The molecule has 20 heavy (non-hydrogen) atoms. The molecule has 2 nitrogen and oxygen atoms in total. The number of rotatable bonds is 4. The van der Waals surface area contributed by atoms with Crippen LogP contribution in [0.2, 0.25) is 0 Å². The number of nitrogens with zero attached hydrogens (tertiary/aromatic N) is 1. The van der Waals surface area contributed by atoms with E-state index < -0.39 is 0 Å². The first-order valence-corrected chi connectivity index (χ1v) is 8.34. The lowest BCUT2D eigenvalue weighted by atomic mass is 9.78. The molecule has 1 aromatic carbocycles. The SMILES string of the molecule is CNCc1ccccc1CN1CCCC2CCCCC21. The van der Waals surface area contributed by atoms with Crippen LogP contribution in [0, 0.1) is 5.92 Å². The van der Waals surface area contributed by atoms with Crippen molar-refractivity contribution in [1.82, 2.24) is 10.2 Å². The molecule has 1 aromatic rings. The van der Waals surface area contributed by atoms with E-state index >= 15 is 0 Å². The number of hydrogen-bond acceptors (Lipinski definition) is 2. The Morgan fingerprint density at radius 3 is 2.65 bits per heavy atom. The number of piperidine rings is 1. The van der Waals surface area contributed by atoms with E-state index in [9.17, 15) is 0 Å². The Hall–Kier alpha value is -0.860. The van der Waals surface area contributed by atoms with Gasteiger partial charge in [-0.25, -0.2) is 0 Å². The number of likely N-dealkylation sites (tertiary alicyclic amines) is 1. The van der Waals surface area contributed by atoms with Crippen LogP contribution in [0.15, 0.2) is 24.3 Å². The molecule has 1 aliphatic heterocycles. The van der Waals surface area contributed by atoms with Crippen LogP contribution in [0.1, 0.15) is 49.7 Å². The van der Waals surface area contributed by atoms with Crippen LogP contribution >= 0.6 is 0 Å². The summed E-state index contributed by atoms with van der Waals surface area (Å²) in [7, 11) is 2.04. The first kappa shape index (κ1) is 14.1. The molecule has 0 amide bonds. The smallest absolute Gasteiger partial charge is 0.0240 e. The fraction of sp³-hybridized carbons (Fsp3) is 0.667. The molecule has 110 valence electrons. The van der Waals surface area contributed by atoms with Crippen LogP contribution in [0.5, 0.6) is 0 Å². The van der Waals surface area contributed by atoms with E-state index in [0.29, 0.717) is 0 Å². The number of fused-ring (bicyclic) bond motifs is 1. The molecular weight excluding hydrogens is 244 g/mol. The zero-order chi connectivity index (χ0) is 13.8. The van der Waals surface area contributed by atoms with Crippen LogP contribution in [-0.2, 0) is 13.1 Å². The van der Waals surface area contributed by atoms with E-state index in [4.69, 9.17) is 0 Å². The summed E-state index contributed by atoms with van der Waals surface area (Å²) in [6.45, 7) is 3.44. The van der Waals surface area contributed by atoms with Crippen molar-refractivity contribution in [1.29, 1.82) is 0 Å². The van der Waals surface area contributed by atoms with Crippen LogP contribution in [-0.4, -0.2) is 24.5 Å². The molecule has 2 unspecified atom stereocenters. The van der Waals surface area contributed by atoms with Crippen LogP contribution in [0.25, 0.3) is 0 Å². The highest BCUT2D eigenvalue weighted by Gasteiger charge is 2.33. The second-order valence-corrected chi connectivity index (χ2v) is 6.52. The molecule has 1 aliphatic carbocycles. The van der Waals surface area contributed by atoms with E-state index in [1.54, 1.807) is 0 Å². The predicted molar refractivity (Wildman–Crippen MR) is 84.6 cm³/mol. The standard InChI is InChI=1S/C18H28N2/c1-19-13-16-8-2-3-9-17(16)14-20-12-6-10-15-7-4-5-11-18(15)20/h2-3,8-9,15,18-19H,4-7,10-14H2,1H3. The van der Waals surface area contributed by atoms with E-state index in [1.807, 2.05) is 7.05 Å². The van der Waals surface area contributed by atoms with Gasteiger partial charge in [0, 0.05) is 19.1 Å². The Labute approximate surface area is 123 Å². The zero-order valence-electron chi connectivity index (χ0n) is 12.8. The Morgan fingerprint density at radius 2 is 1.80 bits per heavy atom. The largest absolute Gasteiger partial charge is 0.316 e. The predicted octanol–water partition coefficient (Wildman–Crippen LogP) is 3.56. The quantitative estimate of drug-likeness (QED) is 0.901. The maximum absolute atomic E-state index is 3.30. The third kappa shape index (κ3) is 3.07. The molecule has 2 heteroatoms. The first-order valence-electron chi connectivity index (χ1n) is 8.34. The van der Waals surface area contributed by atoms with Gasteiger partial charge in [0.2, 0.25) is 0 Å². The van der Waals surface area contributed by atoms with E-state index in [-0.39, 0.29) is 0 Å². The van der Waals surface area contributed by atoms with Gasteiger partial charge < -0.3 is 5.32 Å². The first-order chi connectivity index (χ1) is 9.88. The summed E-state index contributed by atoms with van der Waals surface area (Å²) in [6.07, 6.45) is 8.67. The van der Waals surface area contributed by atoms with Gasteiger partial charge in [0.05, 0.1) is 0 Å². The summed E-state index contributed by atoms with van der Waals surface area (Å²) < 4.78 is 0. The van der Waals surface area contributed by atoms with Crippen molar-refractivity contribution in [2.45, 2.75) is 57.7 Å². The molecule has 2 aliphatic rings. The average molecular weight is 272 g/mol. The van der Waals surface area contributed by atoms with Gasteiger partial charge in [-0.05, 0) is 56.3 Å². The second-order valence-electron chi connectivity index (χ2n) is 6.52. The van der Waals surface area contributed by atoms with Crippen LogP contribution < -0.4 is 5.32 Å². The minimum Gasteiger partial charge on any atom is -0.316 e. The van der Waals surface area contributed by atoms with Crippen molar-refractivity contribution >= 4 is 0 Å². The summed E-state index contributed by atoms with van der Waals surface area (Å²) in [6, 6.07) is 9.81. The molecule has 2 fully saturated rings. The van der Waals surface area contributed by atoms with Gasteiger partial charge >= 0.3 is 0 Å². The molecule has 1 saturated carbocycles. The van der Waals surface area contributed by atoms with Crippen molar-refractivity contribution in [3.8, 4) is 0 Å². The van der Waals surface area contributed by atoms with Gasteiger partial charge in [-0.15, -0.1) is 0 Å². The lowest BCUT2D eigenvalue weighted by molar-refractivity contribution is 0.0545. The van der Waals surface area contributed by atoms with Gasteiger partial charge in [-0.2, -0.15) is 0 Å². The topological polar surface area (TPSA) is 15.3 Å². The molecule has 1 saturated heterocycles. The lowest BCUT2D eigenvalue weighted by Gasteiger charge is -2.44. The van der Waals surface area contributed by atoms with Gasteiger partial charge in [0.15, 0.2) is 0 Å². The van der Waals surface area contributed by atoms with Crippen LogP contribution in [0.4, 0.5) is 0 Å². The Morgan fingerprint density at radius 1 is 1.05 bits per heavy atom. The highest BCUT2D eigenvalue weighted by Crippen LogP contribution is 2.36. The Balaban J connectivity index is 1.73. The monoisotopic (exact) mass is 272 g/mol. The van der Waals surface area contributed by atoms with Crippen molar-refractivity contribution in [2.75, 3.05) is 13.6 Å². The van der Waals surface area contributed by atoms with Gasteiger partial charge in [-0.3, -0.25) is 4.90 Å². The zero-order valence-corrected chi connectivity index (χ0v) is 12.8. The fourth-order valence-corrected chi connectivity index (χ4v) is 4.22. The summed E-state index contributed by atoms with van der Waals surface area (Å²) in [5.74, 6) is 0.981. The van der Waals surface area contributed by atoms with Crippen molar-refractivity contribution in [3.63, 3.8) is 0 Å². The summed E-state index contributed by atoms with van der Waals surface area (Å²) in [4.78, 5) is 2.78. The molecule has 0 aromatic heterocycles. The average Bonchev–Trinajstić information content (AvgIpc) is 2.50. The Kier molecular flexibility index (Phi) is 4.74. The molecule has 1 N–H and O–H groups in total. The summed E-state index contributed by atoms with van der Waals surface area (Å²) in [5.41, 5.74) is 2.99. The number of benzene rings is 1. The third-order valence-electron chi connectivity index (χ3n) is 5.22. The maximum Gasteiger partial charge on any atom is 0.0240 e. The summed E-state index contributed by atoms with van der Waals surface area (Å²) >= 11 is 0. The van der Waals surface area contributed by atoms with Gasteiger partial charge in [-0.1, -0.05) is 37.1 Å². The molecule has 0 bridgehead atoms. The van der Waals surface area contributed by atoms with E-state index in [1.165, 1.54) is 56.2 Å². The normalized spacial score (nSPS) is 27.2. The Bertz CT molecular complexity index is 427. The minimum atomic E-state index is 0.861. The molecule has 0 spiro atoms. The summed E-state index contributed by atoms with van der Waals surface area (Å²) in [5, 5.41) is 3.30. The highest BCUT2D eigenvalue weighted by atomic mass is 15.2. The molecule has 2 atom stereocenters. The van der Waals surface area contributed by atoms with Crippen molar-refractivity contribution < 1.29 is 0 Å². The van der Waals surface area contributed by atoms with Gasteiger partial charge in [0.1, 0.15) is 0 Å². The lowest BCUT2D eigenvalue weighted by Crippen LogP contribution is -2.46. The minimum absolute atomic E-state index is 0.861. The maximum atomic E-state index is 3.30. The molecular formula is C18H28N2. The van der Waals surface area contributed by atoms with Crippen LogP contribution in [0.3, 0.4) is 0 Å². The van der Waals surface area contributed by atoms with E-state index in [2.05, 4.69) is 34.5 Å². The number of nitrogens with one attached hydrogen (secondary N) is 1. The van der Waals surface area contributed by atoms with Crippen molar-refractivity contribution in [3.05, 3.63) is 35.4 Å². The molecule has 0 radical (unpaired) electrons. The van der Waals surface area contributed by atoms with Crippen molar-refractivity contribution in [2.24, 2.45) is 5.92 Å². The molecule has 1 heterocycles. The van der Waals surface area contributed by atoms with Gasteiger partial charge in [0.25, 0.3) is 0 Å². The fourth-order valence-electron chi connectivity index (χ4n) is 4.22. The third-order valence-corrected chi connectivity index (χ3v) is 5.22. The number of hydrogen-bond donors (Lipinski definition) is 1.